The molecule has 4 heteroatoms. The Morgan fingerprint density at radius 3 is 2.31 bits per heavy atom. The van der Waals surface area contributed by atoms with Crippen molar-refractivity contribution in [2.24, 2.45) is 23.2 Å². The van der Waals surface area contributed by atoms with E-state index in [9.17, 15) is 4.79 Å². The van der Waals surface area contributed by atoms with Crippen molar-refractivity contribution in [3.8, 4) is 0 Å². The topological polar surface area (TPSA) is 46.9 Å². The van der Waals surface area contributed by atoms with Gasteiger partial charge in [-0.3, -0.25) is 9.48 Å². The summed E-state index contributed by atoms with van der Waals surface area (Å²) < 4.78 is 1.93. The summed E-state index contributed by atoms with van der Waals surface area (Å²) in [5, 5.41) is 7.61. The largest absolute Gasteiger partial charge is 0.352 e. The van der Waals surface area contributed by atoms with E-state index in [0.717, 1.165) is 43.6 Å². The number of rotatable bonds is 5. The maximum atomic E-state index is 13.2. The van der Waals surface area contributed by atoms with Gasteiger partial charge in [-0.15, -0.1) is 0 Å². The van der Waals surface area contributed by atoms with E-state index < -0.39 is 0 Å². The number of hydrogen-bond acceptors (Lipinski definition) is 2. The molecule has 1 heterocycles. The smallest absolute Gasteiger partial charge is 0.226 e. The Kier molecular flexibility index (Phi) is 3.87. The van der Waals surface area contributed by atoms with Crippen LogP contribution in [0.5, 0.6) is 0 Å². The molecule has 0 aliphatic heterocycles. The van der Waals surface area contributed by atoms with E-state index in [0.29, 0.717) is 12.5 Å². The minimum Gasteiger partial charge on any atom is -0.352 e. The molecule has 0 radical (unpaired) electrons. The maximum absolute atomic E-state index is 13.2. The quantitative estimate of drug-likeness (QED) is 0.893. The van der Waals surface area contributed by atoms with Crippen LogP contribution in [0.15, 0.2) is 42.7 Å². The highest BCUT2D eigenvalue weighted by molar-refractivity contribution is 5.83. The van der Waals surface area contributed by atoms with E-state index in [4.69, 9.17) is 0 Å². The van der Waals surface area contributed by atoms with Crippen molar-refractivity contribution in [2.45, 2.75) is 51.6 Å². The summed E-state index contributed by atoms with van der Waals surface area (Å²) >= 11 is 0. The van der Waals surface area contributed by atoms with Gasteiger partial charge in [0.05, 0.1) is 6.54 Å². The first-order valence-electron chi connectivity index (χ1n) is 10.0. The maximum Gasteiger partial charge on any atom is 0.226 e. The van der Waals surface area contributed by atoms with Crippen LogP contribution in [0.1, 0.15) is 49.7 Å². The SMILES string of the molecule is O=C(NCc1ccccc1Cn1cccn1)C12CC3CC(CC(C3)C1)C2. The Morgan fingerprint density at radius 2 is 1.69 bits per heavy atom. The van der Waals surface area contributed by atoms with Crippen LogP contribution in [0.3, 0.4) is 0 Å². The van der Waals surface area contributed by atoms with Gasteiger partial charge in [0.15, 0.2) is 0 Å². The minimum atomic E-state index is -0.0638. The van der Waals surface area contributed by atoms with Crippen molar-refractivity contribution in [1.29, 1.82) is 0 Å². The molecule has 4 nitrogen and oxygen atoms in total. The molecule has 1 aromatic heterocycles. The van der Waals surface area contributed by atoms with Gasteiger partial charge < -0.3 is 5.32 Å². The van der Waals surface area contributed by atoms with Gasteiger partial charge in [0.1, 0.15) is 0 Å². The van der Waals surface area contributed by atoms with Gasteiger partial charge >= 0.3 is 0 Å². The Labute approximate surface area is 155 Å². The van der Waals surface area contributed by atoms with E-state index in [2.05, 4.69) is 34.7 Å². The van der Waals surface area contributed by atoms with Crippen molar-refractivity contribution in [2.75, 3.05) is 0 Å². The number of nitrogens with zero attached hydrogens (tertiary/aromatic N) is 2. The van der Waals surface area contributed by atoms with Gasteiger partial charge in [0.2, 0.25) is 5.91 Å². The van der Waals surface area contributed by atoms with Gasteiger partial charge in [0, 0.05) is 24.4 Å². The zero-order valence-corrected chi connectivity index (χ0v) is 15.2. The monoisotopic (exact) mass is 349 g/mol. The van der Waals surface area contributed by atoms with Crippen molar-refractivity contribution in [3.05, 3.63) is 53.9 Å². The lowest BCUT2D eigenvalue weighted by atomic mass is 9.49. The molecule has 136 valence electrons. The third-order valence-corrected chi connectivity index (χ3v) is 6.97. The first kappa shape index (κ1) is 16.1. The van der Waals surface area contributed by atoms with Crippen LogP contribution in [-0.4, -0.2) is 15.7 Å². The summed E-state index contributed by atoms with van der Waals surface area (Å²) in [6, 6.07) is 10.3. The van der Waals surface area contributed by atoms with Crippen LogP contribution in [0.4, 0.5) is 0 Å². The standard InChI is InChI=1S/C22H27N3O/c26-21(22-11-16-8-17(12-22)10-18(9-16)13-22)23-14-19-4-1-2-5-20(19)15-25-7-3-6-24-25/h1-7,16-18H,8-15H2,(H,23,26). The van der Waals surface area contributed by atoms with Crippen LogP contribution in [0.2, 0.25) is 0 Å². The van der Waals surface area contributed by atoms with Crippen LogP contribution in [0, 0.1) is 23.2 Å². The molecule has 4 fully saturated rings. The fourth-order valence-electron chi connectivity index (χ4n) is 6.20. The van der Waals surface area contributed by atoms with Gasteiger partial charge in [-0.05, 0) is 73.5 Å². The zero-order chi connectivity index (χ0) is 17.6. The number of benzene rings is 1. The molecule has 4 bridgehead atoms. The summed E-state index contributed by atoms with van der Waals surface area (Å²) in [6.45, 7) is 1.37. The number of carbonyl (C=O) groups excluding carboxylic acids is 1. The third kappa shape index (κ3) is 2.85. The fraction of sp³-hybridized carbons (Fsp3) is 0.545. The lowest BCUT2D eigenvalue weighted by Gasteiger charge is -2.55. The molecule has 2 aromatic rings. The lowest BCUT2D eigenvalue weighted by molar-refractivity contribution is -0.146. The Balaban J connectivity index is 1.29. The molecule has 0 spiro atoms. The lowest BCUT2D eigenvalue weighted by Crippen LogP contribution is -2.53. The molecule has 0 atom stereocenters. The van der Waals surface area contributed by atoms with Gasteiger partial charge in [0.25, 0.3) is 0 Å². The van der Waals surface area contributed by atoms with Gasteiger partial charge in [-0.2, -0.15) is 5.10 Å². The van der Waals surface area contributed by atoms with E-state index in [1.807, 2.05) is 16.9 Å². The molecule has 4 saturated carbocycles. The summed E-state index contributed by atoms with van der Waals surface area (Å²) in [7, 11) is 0. The number of aromatic nitrogens is 2. The van der Waals surface area contributed by atoms with E-state index in [1.54, 1.807) is 6.20 Å². The second-order valence-electron chi connectivity index (χ2n) is 8.85. The van der Waals surface area contributed by atoms with Crippen molar-refractivity contribution in [3.63, 3.8) is 0 Å². The molecule has 1 N–H and O–H groups in total. The third-order valence-electron chi connectivity index (χ3n) is 6.97. The Hall–Kier alpha value is -2.10. The molecule has 4 aliphatic carbocycles. The molecule has 0 saturated heterocycles. The summed E-state index contributed by atoms with van der Waals surface area (Å²) in [5.74, 6) is 2.72. The predicted molar refractivity (Wildman–Crippen MR) is 100 cm³/mol. The van der Waals surface area contributed by atoms with Crippen LogP contribution < -0.4 is 5.32 Å². The Bertz CT molecular complexity index is 760. The highest BCUT2D eigenvalue weighted by Gasteiger charge is 2.54. The van der Waals surface area contributed by atoms with Crippen molar-refractivity contribution in [1.82, 2.24) is 15.1 Å². The van der Waals surface area contributed by atoms with E-state index in [-0.39, 0.29) is 5.41 Å². The van der Waals surface area contributed by atoms with E-state index >= 15 is 0 Å². The van der Waals surface area contributed by atoms with Crippen LogP contribution in [0.25, 0.3) is 0 Å². The first-order valence-corrected chi connectivity index (χ1v) is 10.0. The molecule has 26 heavy (non-hydrogen) atoms. The van der Waals surface area contributed by atoms with E-state index in [1.165, 1.54) is 30.4 Å². The minimum absolute atomic E-state index is 0.0638. The fourth-order valence-corrected chi connectivity index (χ4v) is 6.20. The zero-order valence-electron chi connectivity index (χ0n) is 15.2. The average molecular weight is 349 g/mol. The normalized spacial score (nSPS) is 31.9. The van der Waals surface area contributed by atoms with Crippen LogP contribution >= 0.6 is 0 Å². The first-order chi connectivity index (χ1) is 12.7. The molecular weight excluding hydrogens is 322 g/mol. The molecular formula is C22H27N3O. The summed E-state index contributed by atoms with van der Waals surface area (Å²) in [5.41, 5.74) is 2.36. The molecule has 4 aliphatic rings. The second-order valence-corrected chi connectivity index (χ2v) is 8.85. The van der Waals surface area contributed by atoms with Gasteiger partial charge in [-0.25, -0.2) is 0 Å². The molecule has 1 aromatic carbocycles. The highest BCUT2D eigenvalue weighted by Crippen LogP contribution is 2.60. The molecule has 0 unspecified atom stereocenters. The van der Waals surface area contributed by atoms with Crippen molar-refractivity contribution < 1.29 is 4.79 Å². The van der Waals surface area contributed by atoms with Crippen LogP contribution in [-0.2, 0) is 17.9 Å². The molecule has 6 rings (SSSR count). The summed E-state index contributed by atoms with van der Waals surface area (Å²) in [6.07, 6.45) is 11.3. The highest BCUT2D eigenvalue weighted by atomic mass is 16.2. The van der Waals surface area contributed by atoms with Gasteiger partial charge in [-0.1, -0.05) is 24.3 Å². The number of nitrogens with one attached hydrogen (secondary N) is 1. The predicted octanol–water partition coefficient (Wildman–Crippen LogP) is 3.76. The summed E-state index contributed by atoms with van der Waals surface area (Å²) in [4.78, 5) is 13.2. The van der Waals surface area contributed by atoms with Crippen molar-refractivity contribution >= 4 is 5.91 Å². The average Bonchev–Trinajstić information content (AvgIpc) is 3.12. The number of carbonyl (C=O) groups is 1. The number of amides is 1. The molecule has 1 amide bonds. The number of hydrogen-bond donors (Lipinski definition) is 1. The second kappa shape index (κ2) is 6.26. The Morgan fingerprint density at radius 1 is 1.04 bits per heavy atom.